The summed E-state index contributed by atoms with van der Waals surface area (Å²) in [6, 6.07) is 10.4. The van der Waals surface area contributed by atoms with Gasteiger partial charge in [0.05, 0.1) is 13.0 Å². The van der Waals surface area contributed by atoms with Crippen LogP contribution in [0.2, 0.25) is 0 Å². The Morgan fingerprint density at radius 3 is 2.00 bits per heavy atom. The molecule has 1 N–H and O–H groups in total. The van der Waals surface area contributed by atoms with Crippen LogP contribution in [-0.2, 0) is 29.7 Å². The molecule has 1 heterocycles. The SMILES string of the molecule is CCCCCCCCCCCCOc1ccc(CC(=O)NCc2cc[n+](CCC)cc2)cc1C(C)(C)C.[I-]. The molecule has 2 rings (SSSR count). The van der Waals surface area contributed by atoms with Crippen molar-refractivity contribution in [3.05, 3.63) is 59.4 Å². The summed E-state index contributed by atoms with van der Waals surface area (Å²) in [5, 5.41) is 3.07. The molecule has 1 aromatic heterocycles. The lowest BCUT2D eigenvalue weighted by Gasteiger charge is -2.24. The largest absolute Gasteiger partial charge is 1.00 e. The van der Waals surface area contributed by atoms with Crippen LogP contribution in [0, 0.1) is 0 Å². The van der Waals surface area contributed by atoms with Crippen LogP contribution in [0.3, 0.4) is 0 Å². The Kier molecular flexibility index (Phi) is 17.6. The molecule has 0 aliphatic rings. The lowest BCUT2D eigenvalue weighted by atomic mass is 9.85. The van der Waals surface area contributed by atoms with E-state index in [1.807, 2.05) is 6.07 Å². The van der Waals surface area contributed by atoms with Gasteiger partial charge in [0.2, 0.25) is 5.91 Å². The highest BCUT2D eigenvalue weighted by Gasteiger charge is 2.20. The molecule has 1 aromatic carbocycles. The first-order valence-electron chi connectivity index (χ1n) is 14.8. The number of carbonyl (C=O) groups is 1. The Morgan fingerprint density at radius 1 is 0.816 bits per heavy atom. The molecule has 5 heteroatoms. The van der Waals surface area contributed by atoms with E-state index in [2.05, 4.69) is 81.2 Å². The second-order valence-corrected chi connectivity index (χ2v) is 11.5. The highest BCUT2D eigenvalue weighted by atomic mass is 127. The Balaban J connectivity index is 0.00000722. The molecule has 2 aromatic rings. The van der Waals surface area contributed by atoms with Crippen molar-refractivity contribution in [2.24, 2.45) is 0 Å². The van der Waals surface area contributed by atoms with Crippen LogP contribution < -0.4 is 38.6 Å². The number of amides is 1. The van der Waals surface area contributed by atoms with Gasteiger partial charge in [0.1, 0.15) is 12.3 Å². The average Bonchev–Trinajstić information content (AvgIpc) is 2.87. The first-order valence-corrected chi connectivity index (χ1v) is 14.8. The molecule has 0 saturated heterocycles. The van der Waals surface area contributed by atoms with Crippen molar-refractivity contribution in [1.29, 1.82) is 0 Å². The molecule has 1 amide bonds. The van der Waals surface area contributed by atoms with Crippen LogP contribution in [-0.4, -0.2) is 12.5 Å². The fourth-order valence-corrected chi connectivity index (χ4v) is 4.63. The first-order chi connectivity index (χ1) is 17.8. The molecule has 0 fully saturated rings. The quantitative estimate of drug-likeness (QED) is 0.145. The van der Waals surface area contributed by atoms with Gasteiger partial charge in [0.25, 0.3) is 0 Å². The number of ether oxygens (including phenoxy) is 1. The van der Waals surface area contributed by atoms with Crippen molar-refractivity contribution in [2.75, 3.05) is 6.61 Å². The topological polar surface area (TPSA) is 42.2 Å². The molecule has 0 radical (unpaired) electrons. The molecule has 0 spiro atoms. The lowest BCUT2D eigenvalue weighted by molar-refractivity contribution is -0.697. The van der Waals surface area contributed by atoms with Gasteiger partial charge in [-0.25, -0.2) is 4.57 Å². The highest BCUT2D eigenvalue weighted by molar-refractivity contribution is 5.78. The van der Waals surface area contributed by atoms with E-state index >= 15 is 0 Å². The summed E-state index contributed by atoms with van der Waals surface area (Å²) in [6.45, 7) is 13.4. The third kappa shape index (κ3) is 14.0. The molecule has 0 aliphatic carbocycles. The molecular formula is C33H53IN2O2. The number of carbonyl (C=O) groups excluding carboxylic acids is 1. The number of hydrogen-bond donors (Lipinski definition) is 1. The zero-order valence-electron chi connectivity index (χ0n) is 24.8. The monoisotopic (exact) mass is 636 g/mol. The summed E-state index contributed by atoms with van der Waals surface area (Å²) in [5.41, 5.74) is 3.28. The summed E-state index contributed by atoms with van der Waals surface area (Å²) in [7, 11) is 0. The highest BCUT2D eigenvalue weighted by Crippen LogP contribution is 2.32. The van der Waals surface area contributed by atoms with E-state index in [4.69, 9.17) is 4.74 Å². The predicted molar refractivity (Wildman–Crippen MR) is 155 cm³/mol. The van der Waals surface area contributed by atoms with Gasteiger partial charge in [0, 0.05) is 25.1 Å². The van der Waals surface area contributed by atoms with E-state index in [1.54, 1.807) is 0 Å². The smallest absolute Gasteiger partial charge is 0.224 e. The Morgan fingerprint density at radius 2 is 1.42 bits per heavy atom. The second kappa shape index (κ2) is 19.4. The predicted octanol–water partition coefficient (Wildman–Crippen LogP) is 4.84. The summed E-state index contributed by atoms with van der Waals surface area (Å²) in [6.07, 6.45) is 18.9. The second-order valence-electron chi connectivity index (χ2n) is 11.5. The number of aryl methyl sites for hydroxylation is 1. The van der Waals surface area contributed by atoms with E-state index in [0.29, 0.717) is 13.0 Å². The number of halogens is 1. The van der Waals surface area contributed by atoms with Gasteiger partial charge in [-0.15, -0.1) is 0 Å². The summed E-state index contributed by atoms with van der Waals surface area (Å²) >= 11 is 0. The van der Waals surface area contributed by atoms with Crippen molar-refractivity contribution in [3.63, 3.8) is 0 Å². The van der Waals surface area contributed by atoms with Gasteiger partial charge in [0.15, 0.2) is 12.4 Å². The zero-order valence-corrected chi connectivity index (χ0v) is 26.9. The minimum Gasteiger partial charge on any atom is -1.00 e. The number of unbranched alkanes of at least 4 members (excludes halogenated alkanes) is 9. The van der Waals surface area contributed by atoms with Crippen LogP contribution >= 0.6 is 0 Å². The molecule has 0 atom stereocenters. The maximum atomic E-state index is 12.6. The molecule has 0 unspecified atom stereocenters. The van der Waals surface area contributed by atoms with Crippen LogP contribution in [0.1, 0.15) is 122 Å². The summed E-state index contributed by atoms with van der Waals surface area (Å²) in [5.74, 6) is 1.00. The minimum atomic E-state index is -0.0441. The lowest BCUT2D eigenvalue weighted by Crippen LogP contribution is -3.00. The molecule has 38 heavy (non-hydrogen) atoms. The summed E-state index contributed by atoms with van der Waals surface area (Å²) < 4.78 is 8.39. The third-order valence-electron chi connectivity index (χ3n) is 6.90. The standard InChI is InChI=1S/C33H52N2O2.HI/c1-6-8-9-10-11-12-13-14-15-16-24-37-31-18-17-29(25-30(31)33(3,4)5)26-32(36)34-27-28-19-22-35(21-7-2)23-20-28;/h17-20,22-23,25H,6-16,21,24,26-27H2,1-5H3;1H. The van der Waals surface area contributed by atoms with Crippen molar-refractivity contribution in [1.82, 2.24) is 5.32 Å². The van der Waals surface area contributed by atoms with E-state index in [-0.39, 0.29) is 35.3 Å². The van der Waals surface area contributed by atoms with Gasteiger partial charge in [-0.05, 0) is 34.6 Å². The van der Waals surface area contributed by atoms with Crippen LogP contribution in [0.4, 0.5) is 0 Å². The van der Waals surface area contributed by atoms with E-state index in [1.165, 1.54) is 63.4 Å². The Labute approximate surface area is 250 Å². The van der Waals surface area contributed by atoms with E-state index < -0.39 is 0 Å². The maximum Gasteiger partial charge on any atom is 0.224 e. The fraction of sp³-hybridized carbons (Fsp3) is 0.636. The van der Waals surface area contributed by atoms with Gasteiger partial charge in [-0.2, -0.15) is 0 Å². The van der Waals surface area contributed by atoms with Crippen LogP contribution in [0.5, 0.6) is 5.75 Å². The minimum absolute atomic E-state index is 0. The Bertz CT molecular complexity index is 906. The van der Waals surface area contributed by atoms with Crippen molar-refractivity contribution >= 4 is 5.91 Å². The normalized spacial score (nSPS) is 11.2. The number of pyridine rings is 1. The maximum absolute atomic E-state index is 12.6. The van der Waals surface area contributed by atoms with Crippen LogP contribution in [0.25, 0.3) is 0 Å². The van der Waals surface area contributed by atoms with Gasteiger partial charge >= 0.3 is 0 Å². The number of nitrogens with zero attached hydrogens (tertiary/aromatic N) is 1. The Hall–Kier alpha value is -1.63. The van der Waals surface area contributed by atoms with Gasteiger partial charge in [-0.1, -0.05) is 105 Å². The molecule has 214 valence electrons. The molecule has 0 saturated carbocycles. The van der Waals surface area contributed by atoms with Gasteiger partial charge in [-0.3, -0.25) is 4.79 Å². The first kappa shape index (κ1) is 34.4. The van der Waals surface area contributed by atoms with Crippen molar-refractivity contribution in [2.45, 2.75) is 130 Å². The molecule has 0 aliphatic heterocycles. The number of hydrogen-bond acceptors (Lipinski definition) is 2. The third-order valence-corrected chi connectivity index (χ3v) is 6.90. The molecule has 0 bridgehead atoms. The zero-order chi connectivity index (χ0) is 26.9. The number of benzene rings is 1. The van der Waals surface area contributed by atoms with E-state index in [9.17, 15) is 4.79 Å². The number of nitrogens with one attached hydrogen (secondary N) is 1. The average molecular weight is 637 g/mol. The van der Waals surface area contributed by atoms with Crippen molar-refractivity contribution in [3.8, 4) is 5.75 Å². The molecule has 4 nitrogen and oxygen atoms in total. The van der Waals surface area contributed by atoms with E-state index in [0.717, 1.165) is 42.9 Å². The van der Waals surface area contributed by atoms with Gasteiger partial charge < -0.3 is 34.0 Å². The van der Waals surface area contributed by atoms with Crippen LogP contribution in [0.15, 0.2) is 42.7 Å². The molecular weight excluding hydrogens is 583 g/mol. The van der Waals surface area contributed by atoms with Crippen molar-refractivity contribution < 1.29 is 38.1 Å². The number of aromatic nitrogens is 1. The number of rotatable bonds is 18. The summed E-state index contributed by atoms with van der Waals surface area (Å²) in [4.78, 5) is 12.6. The fourth-order valence-electron chi connectivity index (χ4n) is 4.63.